The van der Waals surface area contributed by atoms with Crippen LogP contribution in [0.2, 0.25) is 0 Å². The van der Waals surface area contributed by atoms with Gasteiger partial charge in [0.15, 0.2) is 5.78 Å². The molecule has 2 rings (SSSR count). The number of hydrogen-bond donors (Lipinski definition) is 0. The van der Waals surface area contributed by atoms with E-state index in [-0.39, 0.29) is 22.9 Å². The number of rotatable bonds is 5. The van der Waals surface area contributed by atoms with Crippen LogP contribution >= 0.6 is 0 Å². The lowest BCUT2D eigenvalue weighted by atomic mass is 10.1. The van der Waals surface area contributed by atoms with E-state index in [1.165, 1.54) is 12.1 Å². The van der Waals surface area contributed by atoms with E-state index in [4.69, 9.17) is 0 Å². The van der Waals surface area contributed by atoms with E-state index in [0.29, 0.717) is 11.6 Å². The molecule has 2 nitrogen and oxygen atoms in total. The first-order valence-electron chi connectivity index (χ1n) is 6.09. The molecule has 2 aromatic carbocycles. The van der Waals surface area contributed by atoms with Crippen LogP contribution in [0.4, 0.5) is 13.2 Å². The molecule has 0 amide bonds. The third-order valence-corrected chi connectivity index (χ3v) is 4.22. The number of carbonyl (C=O) groups is 1. The molecule has 0 saturated heterocycles. The van der Waals surface area contributed by atoms with Gasteiger partial charge in [-0.2, -0.15) is 0 Å². The van der Waals surface area contributed by atoms with Crippen LogP contribution in [0.3, 0.4) is 0 Å². The Hall–Kier alpha value is -1.95. The average molecular weight is 312 g/mol. The van der Waals surface area contributed by atoms with Crippen molar-refractivity contribution in [3.05, 3.63) is 65.5 Å². The van der Waals surface area contributed by atoms with Gasteiger partial charge < -0.3 is 0 Å². The van der Waals surface area contributed by atoms with E-state index in [9.17, 15) is 22.2 Å². The summed E-state index contributed by atoms with van der Waals surface area (Å²) in [6.07, 6.45) is -0.0743. The number of carbonyl (C=O) groups excluding carboxylic acids is 1. The number of halogens is 3. The minimum atomic E-state index is -1.74. The first-order valence-corrected chi connectivity index (χ1v) is 7.41. The second-order valence-electron chi connectivity index (χ2n) is 4.30. The number of benzene rings is 2. The second-order valence-corrected chi connectivity index (χ2v) is 5.84. The molecule has 0 aliphatic heterocycles. The number of Topliss-reactive ketones (excluding diaryl/α,β-unsaturated/α-hetero) is 1. The summed E-state index contributed by atoms with van der Waals surface area (Å²) in [4.78, 5) is 11.7. The van der Waals surface area contributed by atoms with Gasteiger partial charge >= 0.3 is 0 Å². The van der Waals surface area contributed by atoms with E-state index in [1.54, 1.807) is 0 Å². The molecule has 0 bridgehead atoms. The molecule has 0 aromatic heterocycles. The summed E-state index contributed by atoms with van der Waals surface area (Å²) in [7, 11) is -1.74. The summed E-state index contributed by atoms with van der Waals surface area (Å²) in [5.41, 5.74) is 0.299. The first-order chi connectivity index (χ1) is 9.97. The SMILES string of the molecule is O=C(CCS(=O)c1ccc(F)cc1F)c1ccc(F)cc1. The molecule has 0 fully saturated rings. The average Bonchev–Trinajstić information content (AvgIpc) is 2.45. The zero-order valence-corrected chi connectivity index (χ0v) is 11.6. The molecule has 0 radical (unpaired) electrons. The Morgan fingerprint density at radius 1 is 0.952 bits per heavy atom. The van der Waals surface area contributed by atoms with Crippen molar-refractivity contribution in [3.8, 4) is 0 Å². The smallest absolute Gasteiger partial charge is 0.163 e. The molecule has 0 saturated carbocycles. The van der Waals surface area contributed by atoms with Crippen molar-refractivity contribution in [2.45, 2.75) is 11.3 Å². The highest BCUT2D eigenvalue weighted by molar-refractivity contribution is 7.85. The molecule has 1 atom stereocenters. The van der Waals surface area contributed by atoms with Crippen molar-refractivity contribution in [3.63, 3.8) is 0 Å². The van der Waals surface area contributed by atoms with Crippen LogP contribution in [0.1, 0.15) is 16.8 Å². The highest BCUT2D eigenvalue weighted by atomic mass is 32.2. The van der Waals surface area contributed by atoms with Crippen molar-refractivity contribution in [1.82, 2.24) is 0 Å². The topological polar surface area (TPSA) is 34.1 Å². The van der Waals surface area contributed by atoms with Gasteiger partial charge in [-0.05, 0) is 36.4 Å². The Labute approximate surface area is 122 Å². The summed E-state index contributed by atoms with van der Waals surface area (Å²) in [6, 6.07) is 7.74. The molecular weight excluding hydrogens is 301 g/mol. The molecule has 0 spiro atoms. The van der Waals surface area contributed by atoms with Crippen molar-refractivity contribution in [1.29, 1.82) is 0 Å². The Morgan fingerprint density at radius 2 is 1.57 bits per heavy atom. The van der Waals surface area contributed by atoms with Gasteiger partial charge in [0.2, 0.25) is 0 Å². The first kappa shape index (κ1) is 15.4. The molecule has 110 valence electrons. The zero-order chi connectivity index (χ0) is 15.4. The maximum absolute atomic E-state index is 13.4. The standard InChI is InChI=1S/C15H11F3O2S/c16-11-3-1-10(2-4-11)14(19)7-8-21(20)15-6-5-12(17)9-13(15)18/h1-6,9H,7-8H2. The fourth-order valence-electron chi connectivity index (χ4n) is 1.74. The molecule has 1 unspecified atom stereocenters. The number of hydrogen-bond acceptors (Lipinski definition) is 2. The van der Waals surface area contributed by atoms with Crippen LogP contribution < -0.4 is 0 Å². The highest BCUT2D eigenvalue weighted by Gasteiger charge is 2.14. The van der Waals surface area contributed by atoms with Crippen molar-refractivity contribution < 1.29 is 22.2 Å². The maximum Gasteiger partial charge on any atom is 0.163 e. The van der Waals surface area contributed by atoms with Crippen LogP contribution in [-0.4, -0.2) is 15.7 Å². The lowest BCUT2D eigenvalue weighted by Gasteiger charge is -2.04. The van der Waals surface area contributed by atoms with E-state index < -0.39 is 28.3 Å². The van der Waals surface area contributed by atoms with Crippen LogP contribution in [0.25, 0.3) is 0 Å². The van der Waals surface area contributed by atoms with E-state index >= 15 is 0 Å². The Kier molecular flexibility index (Phi) is 4.90. The molecule has 0 heterocycles. The van der Waals surface area contributed by atoms with E-state index in [1.807, 2.05) is 0 Å². The summed E-state index contributed by atoms with van der Waals surface area (Å²) < 4.78 is 50.8. The molecule has 2 aromatic rings. The summed E-state index contributed by atoms with van der Waals surface area (Å²) in [6.45, 7) is 0. The summed E-state index contributed by atoms with van der Waals surface area (Å²) >= 11 is 0. The summed E-state index contributed by atoms with van der Waals surface area (Å²) in [5.74, 6) is -2.51. The minimum absolute atomic E-state index is 0.0743. The van der Waals surface area contributed by atoms with Crippen molar-refractivity contribution >= 4 is 16.6 Å². The fraction of sp³-hybridized carbons (Fsp3) is 0.133. The minimum Gasteiger partial charge on any atom is -0.294 e. The van der Waals surface area contributed by atoms with Crippen LogP contribution in [0.5, 0.6) is 0 Å². The Morgan fingerprint density at radius 3 is 2.19 bits per heavy atom. The maximum atomic E-state index is 13.4. The van der Waals surface area contributed by atoms with Gasteiger partial charge in [-0.25, -0.2) is 13.2 Å². The zero-order valence-electron chi connectivity index (χ0n) is 10.8. The van der Waals surface area contributed by atoms with Gasteiger partial charge in [-0.1, -0.05) is 0 Å². The van der Waals surface area contributed by atoms with Gasteiger partial charge in [0, 0.05) is 23.8 Å². The largest absolute Gasteiger partial charge is 0.294 e. The monoisotopic (exact) mass is 312 g/mol. The highest BCUT2D eigenvalue weighted by Crippen LogP contribution is 2.15. The van der Waals surface area contributed by atoms with Gasteiger partial charge in [-0.15, -0.1) is 0 Å². The normalized spacial score (nSPS) is 12.1. The van der Waals surface area contributed by atoms with Gasteiger partial charge in [-0.3, -0.25) is 9.00 Å². The molecule has 0 aliphatic rings. The number of ketones is 1. The molecule has 0 N–H and O–H groups in total. The van der Waals surface area contributed by atoms with Crippen molar-refractivity contribution in [2.24, 2.45) is 0 Å². The van der Waals surface area contributed by atoms with Crippen LogP contribution in [0, 0.1) is 17.5 Å². The van der Waals surface area contributed by atoms with E-state index in [2.05, 4.69) is 0 Å². The Bertz CT molecular complexity index is 684. The third kappa shape index (κ3) is 4.01. The molecule has 21 heavy (non-hydrogen) atoms. The van der Waals surface area contributed by atoms with Crippen LogP contribution in [0.15, 0.2) is 47.4 Å². The molecule has 0 aliphatic carbocycles. The van der Waals surface area contributed by atoms with Crippen molar-refractivity contribution in [2.75, 3.05) is 5.75 Å². The lowest BCUT2D eigenvalue weighted by Crippen LogP contribution is -2.08. The molecular formula is C15H11F3O2S. The van der Waals surface area contributed by atoms with E-state index in [0.717, 1.165) is 24.3 Å². The predicted molar refractivity (Wildman–Crippen MR) is 73.0 cm³/mol. The lowest BCUT2D eigenvalue weighted by molar-refractivity contribution is 0.0989. The predicted octanol–water partition coefficient (Wildman–Crippen LogP) is 3.48. The third-order valence-electron chi connectivity index (χ3n) is 2.82. The Balaban J connectivity index is 2.00. The summed E-state index contributed by atoms with van der Waals surface area (Å²) in [5, 5.41) is 0. The van der Waals surface area contributed by atoms with Crippen LogP contribution in [-0.2, 0) is 10.8 Å². The second kappa shape index (κ2) is 6.67. The van der Waals surface area contributed by atoms with Gasteiger partial charge in [0.05, 0.1) is 15.7 Å². The quantitative estimate of drug-likeness (QED) is 0.792. The van der Waals surface area contributed by atoms with Gasteiger partial charge in [0.1, 0.15) is 17.5 Å². The van der Waals surface area contributed by atoms with Gasteiger partial charge in [0.25, 0.3) is 0 Å². The molecule has 6 heteroatoms. The fourth-order valence-corrected chi connectivity index (χ4v) is 2.82.